The van der Waals surface area contributed by atoms with Gasteiger partial charge in [0.1, 0.15) is 5.76 Å². The molecule has 1 amide bonds. The lowest BCUT2D eigenvalue weighted by molar-refractivity contribution is 0.0994. The molecule has 1 N–H and O–H groups in total. The summed E-state index contributed by atoms with van der Waals surface area (Å²) in [7, 11) is -3.44. The summed E-state index contributed by atoms with van der Waals surface area (Å²) < 4.78 is 28.9. The maximum atomic E-state index is 12.5. The third-order valence-electron chi connectivity index (χ3n) is 4.02. The Hall–Kier alpha value is -2.90. The molecule has 1 heterocycles. The van der Waals surface area contributed by atoms with Crippen molar-refractivity contribution in [3.05, 3.63) is 70.9 Å². The van der Waals surface area contributed by atoms with E-state index < -0.39 is 15.7 Å². The molecular formula is C20H16ClNO5S. The van der Waals surface area contributed by atoms with Crippen LogP contribution in [0, 0.1) is 0 Å². The van der Waals surface area contributed by atoms with Crippen molar-refractivity contribution < 1.29 is 22.4 Å². The Morgan fingerprint density at radius 2 is 1.68 bits per heavy atom. The molecule has 0 bridgehead atoms. The predicted molar refractivity (Wildman–Crippen MR) is 107 cm³/mol. The van der Waals surface area contributed by atoms with E-state index >= 15 is 0 Å². The van der Waals surface area contributed by atoms with Crippen molar-refractivity contribution in [1.29, 1.82) is 0 Å². The number of nitrogens with one attached hydrogen (secondary N) is 1. The minimum absolute atomic E-state index is 0.0338. The normalized spacial score (nSPS) is 11.2. The van der Waals surface area contributed by atoms with Crippen molar-refractivity contribution in [1.82, 2.24) is 0 Å². The van der Waals surface area contributed by atoms with E-state index in [1.807, 2.05) is 0 Å². The predicted octanol–water partition coefficient (Wildman–Crippen LogP) is 4.46. The lowest BCUT2D eigenvalue weighted by Gasteiger charge is -2.08. The van der Waals surface area contributed by atoms with E-state index in [2.05, 4.69) is 5.32 Å². The van der Waals surface area contributed by atoms with E-state index in [1.165, 1.54) is 31.2 Å². The molecule has 0 saturated carbocycles. The lowest BCUT2D eigenvalue weighted by Crippen LogP contribution is -2.12. The van der Waals surface area contributed by atoms with Crippen molar-refractivity contribution in [2.75, 3.05) is 11.6 Å². The number of rotatable bonds is 5. The van der Waals surface area contributed by atoms with Crippen molar-refractivity contribution >= 4 is 38.8 Å². The first-order valence-corrected chi connectivity index (χ1v) is 10.4. The minimum atomic E-state index is -3.44. The highest BCUT2D eigenvalue weighted by atomic mass is 35.5. The van der Waals surface area contributed by atoms with Gasteiger partial charge in [-0.25, -0.2) is 8.42 Å². The number of hydrogen-bond donors (Lipinski definition) is 1. The quantitative estimate of drug-likeness (QED) is 0.618. The fourth-order valence-corrected chi connectivity index (χ4v) is 3.31. The molecule has 0 aliphatic carbocycles. The first-order valence-electron chi connectivity index (χ1n) is 8.17. The van der Waals surface area contributed by atoms with Gasteiger partial charge in [-0.3, -0.25) is 9.59 Å². The van der Waals surface area contributed by atoms with Gasteiger partial charge in [-0.15, -0.1) is 0 Å². The first kappa shape index (κ1) is 19.9. The van der Waals surface area contributed by atoms with Gasteiger partial charge in [-0.05, 0) is 37.3 Å². The fourth-order valence-electron chi connectivity index (χ4n) is 2.50. The summed E-state index contributed by atoms with van der Waals surface area (Å²) in [5.41, 5.74) is 1.45. The number of carbonyl (C=O) groups is 2. The zero-order chi connectivity index (χ0) is 20.5. The van der Waals surface area contributed by atoms with Crippen LogP contribution in [0.3, 0.4) is 0 Å². The molecule has 0 fully saturated rings. The van der Waals surface area contributed by atoms with E-state index in [0.717, 1.165) is 6.26 Å². The zero-order valence-corrected chi connectivity index (χ0v) is 16.6. The largest absolute Gasteiger partial charge is 0.451 e. The van der Waals surface area contributed by atoms with E-state index in [9.17, 15) is 18.0 Å². The van der Waals surface area contributed by atoms with Crippen LogP contribution in [0.15, 0.2) is 63.9 Å². The van der Waals surface area contributed by atoms with Crippen LogP contribution in [0.5, 0.6) is 0 Å². The lowest BCUT2D eigenvalue weighted by atomic mass is 10.1. The number of amides is 1. The van der Waals surface area contributed by atoms with Crippen LogP contribution >= 0.6 is 11.6 Å². The van der Waals surface area contributed by atoms with Gasteiger partial charge < -0.3 is 9.73 Å². The van der Waals surface area contributed by atoms with Crippen LogP contribution in [0.2, 0.25) is 5.02 Å². The first-order chi connectivity index (χ1) is 13.1. The SMILES string of the molecule is CC(=O)c1ccc(-c2ccc(C(=O)Nc3cc(S(C)(=O)=O)ccc3Cl)o2)cc1. The van der Waals surface area contributed by atoms with Crippen LogP contribution < -0.4 is 5.32 Å². The Morgan fingerprint density at radius 1 is 1.00 bits per heavy atom. The number of furan rings is 1. The van der Waals surface area contributed by atoms with Gasteiger partial charge in [0.05, 0.1) is 15.6 Å². The Labute approximate surface area is 167 Å². The molecule has 0 unspecified atom stereocenters. The van der Waals surface area contributed by atoms with Crippen LogP contribution in [0.1, 0.15) is 27.8 Å². The Bertz CT molecular complexity index is 1160. The summed E-state index contributed by atoms with van der Waals surface area (Å²) in [6.07, 6.45) is 1.07. The summed E-state index contributed by atoms with van der Waals surface area (Å²) in [5, 5.41) is 2.76. The van der Waals surface area contributed by atoms with Gasteiger partial charge in [0.15, 0.2) is 21.4 Å². The average molecular weight is 418 g/mol. The molecule has 144 valence electrons. The highest BCUT2D eigenvalue weighted by Crippen LogP contribution is 2.27. The second kappa shape index (κ2) is 7.61. The van der Waals surface area contributed by atoms with Crippen LogP contribution in [0.4, 0.5) is 5.69 Å². The van der Waals surface area contributed by atoms with Crippen molar-refractivity contribution in [3.63, 3.8) is 0 Å². The number of ketones is 1. The number of hydrogen-bond acceptors (Lipinski definition) is 5. The maximum Gasteiger partial charge on any atom is 0.291 e. The molecule has 3 rings (SSSR count). The van der Waals surface area contributed by atoms with Gasteiger partial charge in [-0.2, -0.15) is 0 Å². The van der Waals surface area contributed by atoms with E-state index in [-0.39, 0.29) is 27.1 Å². The second-order valence-corrected chi connectivity index (χ2v) is 8.59. The number of Topliss-reactive ketones (excluding diaryl/α,β-unsaturated/α-hetero) is 1. The Balaban J connectivity index is 1.82. The van der Waals surface area contributed by atoms with E-state index in [1.54, 1.807) is 30.3 Å². The molecule has 1 aromatic heterocycles. The summed E-state index contributed by atoms with van der Waals surface area (Å²) in [4.78, 5) is 23.8. The molecule has 0 aliphatic heterocycles. The Morgan fingerprint density at radius 3 is 2.29 bits per heavy atom. The fraction of sp³-hybridized carbons (Fsp3) is 0.100. The minimum Gasteiger partial charge on any atom is -0.451 e. The molecule has 3 aromatic rings. The van der Waals surface area contributed by atoms with E-state index in [4.69, 9.17) is 16.0 Å². The molecule has 0 saturated heterocycles. The topological polar surface area (TPSA) is 93.5 Å². The van der Waals surface area contributed by atoms with Gasteiger partial charge in [-0.1, -0.05) is 35.9 Å². The number of carbonyl (C=O) groups excluding carboxylic acids is 2. The summed E-state index contributed by atoms with van der Waals surface area (Å²) in [6, 6.07) is 14.0. The number of halogens is 1. The number of anilines is 1. The zero-order valence-electron chi connectivity index (χ0n) is 15.0. The standard InChI is InChI=1S/C20H16ClNO5S/c1-12(23)13-3-5-14(6-4-13)18-9-10-19(27-18)20(24)22-17-11-15(28(2,25)26)7-8-16(17)21/h3-11H,1-2H3,(H,22,24). The monoisotopic (exact) mass is 417 g/mol. The highest BCUT2D eigenvalue weighted by molar-refractivity contribution is 7.90. The maximum absolute atomic E-state index is 12.5. The molecule has 6 nitrogen and oxygen atoms in total. The van der Waals surface area contributed by atoms with Crippen LogP contribution in [0.25, 0.3) is 11.3 Å². The molecular weight excluding hydrogens is 402 g/mol. The summed E-state index contributed by atoms with van der Waals surface area (Å²) >= 11 is 6.05. The van der Waals surface area contributed by atoms with Gasteiger partial charge >= 0.3 is 0 Å². The van der Waals surface area contributed by atoms with Crippen LogP contribution in [-0.2, 0) is 9.84 Å². The summed E-state index contributed by atoms with van der Waals surface area (Å²) in [5.74, 6) is -0.124. The molecule has 0 atom stereocenters. The van der Waals surface area contributed by atoms with Crippen molar-refractivity contribution in [3.8, 4) is 11.3 Å². The molecule has 2 aromatic carbocycles. The highest BCUT2D eigenvalue weighted by Gasteiger charge is 2.16. The van der Waals surface area contributed by atoms with Crippen molar-refractivity contribution in [2.24, 2.45) is 0 Å². The van der Waals surface area contributed by atoms with E-state index in [0.29, 0.717) is 16.9 Å². The van der Waals surface area contributed by atoms with Crippen molar-refractivity contribution in [2.45, 2.75) is 11.8 Å². The molecule has 0 radical (unpaired) electrons. The molecule has 28 heavy (non-hydrogen) atoms. The van der Waals surface area contributed by atoms with Gasteiger partial charge in [0.2, 0.25) is 0 Å². The average Bonchev–Trinajstić information content (AvgIpc) is 3.13. The third kappa shape index (κ3) is 4.32. The molecule has 0 aliphatic rings. The molecule has 0 spiro atoms. The molecule has 8 heteroatoms. The van der Waals surface area contributed by atoms with Crippen LogP contribution in [-0.4, -0.2) is 26.4 Å². The number of benzene rings is 2. The second-order valence-electron chi connectivity index (χ2n) is 6.17. The number of sulfone groups is 1. The smallest absolute Gasteiger partial charge is 0.291 e. The Kier molecular flexibility index (Phi) is 5.40. The van der Waals surface area contributed by atoms with Gasteiger partial charge in [0.25, 0.3) is 5.91 Å². The van der Waals surface area contributed by atoms with Gasteiger partial charge in [0, 0.05) is 17.4 Å². The summed E-state index contributed by atoms with van der Waals surface area (Å²) in [6.45, 7) is 1.48. The third-order valence-corrected chi connectivity index (χ3v) is 5.46.